The van der Waals surface area contributed by atoms with Crippen molar-refractivity contribution in [2.45, 2.75) is 63.6 Å². The number of nitrogens with one attached hydrogen (secondary N) is 2. The fourth-order valence-corrected chi connectivity index (χ4v) is 2.89. The highest BCUT2D eigenvalue weighted by atomic mass is 16.6. The molecule has 1 fully saturated rings. The van der Waals surface area contributed by atoms with E-state index < -0.39 is 36.3 Å². The van der Waals surface area contributed by atoms with E-state index in [1.807, 2.05) is 0 Å². The van der Waals surface area contributed by atoms with Crippen molar-refractivity contribution in [2.24, 2.45) is 0 Å². The fraction of sp³-hybridized carbons (Fsp3) is 0.706. The van der Waals surface area contributed by atoms with Crippen LogP contribution in [0.15, 0.2) is 17.1 Å². The molecular formula is C17H28N4O7. The molecule has 0 aromatic carbocycles. The van der Waals surface area contributed by atoms with Gasteiger partial charge in [-0.3, -0.25) is 15.3 Å². The lowest BCUT2D eigenvalue weighted by atomic mass is 10.1. The number of ether oxygens (including phenoxy) is 2. The molecule has 0 bridgehead atoms. The highest BCUT2D eigenvalue weighted by Crippen LogP contribution is 2.28. The molecule has 28 heavy (non-hydrogen) atoms. The van der Waals surface area contributed by atoms with Crippen molar-refractivity contribution >= 4 is 11.9 Å². The van der Waals surface area contributed by atoms with Crippen LogP contribution in [0.2, 0.25) is 0 Å². The molecule has 5 N–H and O–H groups in total. The van der Waals surface area contributed by atoms with Gasteiger partial charge in [-0.05, 0) is 12.5 Å². The van der Waals surface area contributed by atoms with Gasteiger partial charge in [0.15, 0.2) is 12.0 Å². The highest BCUT2D eigenvalue weighted by molar-refractivity contribution is 5.67. The molecule has 0 saturated carbocycles. The van der Waals surface area contributed by atoms with Crippen molar-refractivity contribution in [1.29, 1.82) is 0 Å². The number of aromatic nitrogens is 2. The normalized spacial score (nSPS) is 24.1. The topological polar surface area (TPSA) is 155 Å². The second kappa shape index (κ2) is 11.0. The lowest BCUT2D eigenvalue weighted by molar-refractivity contribution is -0.0569. The molecule has 0 radical (unpaired) electrons. The smallest absolute Gasteiger partial charge is 0.407 e. The van der Waals surface area contributed by atoms with Crippen LogP contribution in [0.3, 0.4) is 0 Å². The molecule has 1 aliphatic rings. The molecule has 1 aromatic rings. The molecule has 1 aliphatic heterocycles. The highest BCUT2D eigenvalue weighted by Gasteiger charge is 2.44. The predicted molar refractivity (Wildman–Crippen MR) is 97.9 cm³/mol. The van der Waals surface area contributed by atoms with Gasteiger partial charge in [0.25, 0.3) is 0 Å². The van der Waals surface area contributed by atoms with Crippen LogP contribution in [0.1, 0.15) is 45.3 Å². The quantitative estimate of drug-likeness (QED) is 0.276. The average Bonchev–Trinajstić information content (AvgIpc) is 2.97. The van der Waals surface area contributed by atoms with Gasteiger partial charge in [-0.25, -0.2) is 9.59 Å². The molecule has 1 aromatic heterocycles. The van der Waals surface area contributed by atoms with E-state index in [2.05, 4.69) is 17.2 Å². The van der Waals surface area contributed by atoms with E-state index >= 15 is 0 Å². The maximum Gasteiger partial charge on any atom is 0.407 e. The number of alkyl carbamates (subject to hydrolysis) is 1. The summed E-state index contributed by atoms with van der Waals surface area (Å²) in [6.07, 6.45) is 0.974. The average molecular weight is 400 g/mol. The van der Waals surface area contributed by atoms with Crippen molar-refractivity contribution in [3.8, 4) is 0 Å². The summed E-state index contributed by atoms with van der Waals surface area (Å²) in [4.78, 5) is 27.2. The van der Waals surface area contributed by atoms with E-state index in [1.165, 1.54) is 18.7 Å². The number of aliphatic hydroxyl groups is 2. The lowest BCUT2D eigenvalue weighted by Crippen LogP contribution is -2.37. The lowest BCUT2D eigenvalue weighted by Gasteiger charge is -2.17. The van der Waals surface area contributed by atoms with Gasteiger partial charge < -0.3 is 25.0 Å². The summed E-state index contributed by atoms with van der Waals surface area (Å²) in [5, 5.41) is 31.6. The fourth-order valence-electron chi connectivity index (χ4n) is 2.89. The Morgan fingerprint density at radius 2 is 2.04 bits per heavy atom. The van der Waals surface area contributed by atoms with E-state index in [-0.39, 0.29) is 12.4 Å². The maximum absolute atomic E-state index is 12.0. The third kappa shape index (κ3) is 5.89. The first-order valence-electron chi connectivity index (χ1n) is 9.39. The minimum absolute atomic E-state index is 0.0690. The van der Waals surface area contributed by atoms with E-state index in [9.17, 15) is 19.8 Å². The van der Waals surface area contributed by atoms with Crippen LogP contribution in [0.5, 0.6) is 0 Å². The summed E-state index contributed by atoms with van der Waals surface area (Å²) in [7, 11) is 0. The Balaban J connectivity index is 1.81. The van der Waals surface area contributed by atoms with Crippen LogP contribution >= 0.6 is 0 Å². The van der Waals surface area contributed by atoms with Crippen molar-refractivity contribution < 1.29 is 29.7 Å². The number of unbranched alkanes of at least 4 members (excludes halogenated alkanes) is 4. The van der Waals surface area contributed by atoms with Crippen molar-refractivity contribution in [3.63, 3.8) is 0 Å². The van der Waals surface area contributed by atoms with Gasteiger partial charge in [-0.1, -0.05) is 32.6 Å². The van der Waals surface area contributed by atoms with Gasteiger partial charge in [0, 0.05) is 12.7 Å². The maximum atomic E-state index is 12.0. The molecule has 0 unspecified atom stereocenters. The largest absolute Gasteiger partial charge is 0.447 e. The summed E-state index contributed by atoms with van der Waals surface area (Å²) >= 11 is 0. The van der Waals surface area contributed by atoms with Crippen molar-refractivity contribution in [2.75, 3.05) is 18.6 Å². The third-order valence-electron chi connectivity index (χ3n) is 4.48. The number of hydrogen-bond acceptors (Lipinski definition) is 9. The number of hydrogen-bond donors (Lipinski definition) is 5. The van der Waals surface area contributed by atoms with Crippen LogP contribution in [0.4, 0.5) is 10.6 Å². The Morgan fingerprint density at radius 3 is 2.71 bits per heavy atom. The number of rotatable bonds is 10. The van der Waals surface area contributed by atoms with Crippen LogP contribution in [-0.4, -0.2) is 62.5 Å². The van der Waals surface area contributed by atoms with Crippen LogP contribution < -0.4 is 16.5 Å². The van der Waals surface area contributed by atoms with Gasteiger partial charge in [0.05, 0.1) is 0 Å². The van der Waals surface area contributed by atoms with E-state index in [1.54, 1.807) is 5.48 Å². The standard InChI is InChI=1S/C17H28N4O7/c1-2-3-4-5-6-8-18-17(25)27-10-11-13(22)14(23)15(28-11)21-9-7-12(20-26)19-16(21)24/h7,9,11,13-15,22-23,26H,2-6,8,10H2,1H3,(H,18,25)(H,19,20,24)/t11-,13+,14+,15-/m1/s1. The molecule has 11 nitrogen and oxygen atoms in total. The number of carbonyl (C=O) groups excluding carboxylic acids is 1. The second-order valence-electron chi connectivity index (χ2n) is 6.60. The predicted octanol–water partition coefficient (Wildman–Crippen LogP) is 0.360. The van der Waals surface area contributed by atoms with Gasteiger partial charge in [-0.15, -0.1) is 0 Å². The first kappa shape index (κ1) is 22.1. The number of aliphatic hydroxyl groups excluding tert-OH is 2. The zero-order valence-electron chi connectivity index (χ0n) is 15.8. The zero-order valence-corrected chi connectivity index (χ0v) is 15.8. The van der Waals surface area contributed by atoms with E-state index in [4.69, 9.17) is 14.7 Å². The SMILES string of the molecule is CCCCCCCNC(=O)OC[C@H]1O[C@@H](n2ccc(NO)nc2=O)[C@@H](O)[C@H]1O. The first-order chi connectivity index (χ1) is 13.5. The molecule has 1 saturated heterocycles. The molecule has 2 rings (SSSR count). The summed E-state index contributed by atoms with van der Waals surface area (Å²) < 4.78 is 11.5. The molecule has 0 spiro atoms. The molecule has 158 valence electrons. The summed E-state index contributed by atoms with van der Waals surface area (Å²) in [6, 6.07) is 1.29. The van der Waals surface area contributed by atoms with Crippen molar-refractivity contribution in [1.82, 2.24) is 14.9 Å². The van der Waals surface area contributed by atoms with E-state index in [0.29, 0.717) is 6.54 Å². The number of anilines is 1. The Labute approximate surface area is 162 Å². The minimum atomic E-state index is -1.41. The number of amides is 1. The van der Waals surface area contributed by atoms with Gasteiger partial charge in [0.1, 0.15) is 24.9 Å². The molecule has 4 atom stereocenters. The second-order valence-corrected chi connectivity index (χ2v) is 6.60. The summed E-state index contributed by atoms with van der Waals surface area (Å²) in [6.45, 7) is 2.34. The van der Waals surface area contributed by atoms with Crippen LogP contribution in [0.25, 0.3) is 0 Å². The summed E-state index contributed by atoms with van der Waals surface area (Å²) in [5.74, 6) is -0.0690. The molecule has 1 amide bonds. The Hall–Kier alpha value is -2.21. The Morgan fingerprint density at radius 1 is 1.29 bits per heavy atom. The Kier molecular flexibility index (Phi) is 8.64. The Bertz CT molecular complexity index is 684. The molecule has 2 heterocycles. The number of nitrogens with zero attached hydrogens (tertiary/aromatic N) is 2. The molecule has 11 heteroatoms. The van der Waals surface area contributed by atoms with Crippen LogP contribution in [0, 0.1) is 0 Å². The summed E-state index contributed by atoms with van der Waals surface area (Å²) in [5.41, 5.74) is 0.943. The zero-order chi connectivity index (χ0) is 20.5. The third-order valence-corrected chi connectivity index (χ3v) is 4.48. The van der Waals surface area contributed by atoms with Gasteiger partial charge >= 0.3 is 11.8 Å². The van der Waals surface area contributed by atoms with Gasteiger partial charge in [-0.2, -0.15) is 4.98 Å². The number of carbonyl (C=O) groups is 1. The van der Waals surface area contributed by atoms with Crippen LogP contribution in [-0.2, 0) is 9.47 Å². The van der Waals surface area contributed by atoms with Gasteiger partial charge in [0.2, 0.25) is 0 Å². The molecular weight excluding hydrogens is 372 g/mol. The monoisotopic (exact) mass is 400 g/mol. The molecule has 0 aliphatic carbocycles. The van der Waals surface area contributed by atoms with E-state index in [0.717, 1.165) is 30.3 Å². The first-order valence-corrected chi connectivity index (χ1v) is 9.39. The van der Waals surface area contributed by atoms with Crippen molar-refractivity contribution in [3.05, 3.63) is 22.7 Å². The minimum Gasteiger partial charge on any atom is -0.447 e.